The van der Waals surface area contributed by atoms with Crippen molar-refractivity contribution in [3.05, 3.63) is 47.8 Å². The van der Waals surface area contributed by atoms with Gasteiger partial charge in [-0.3, -0.25) is 9.69 Å². The van der Waals surface area contributed by atoms with E-state index in [2.05, 4.69) is 46.5 Å². The van der Waals surface area contributed by atoms with Crippen molar-refractivity contribution in [1.29, 1.82) is 0 Å². The Morgan fingerprint density at radius 3 is 2.65 bits per heavy atom. The van der Waals surface area contributed by atoms with E-state index in [0.29, 0.717) is 25.4 Å². The maximum atomic E-state index is 13.1. The van der Waals surface area contributed by atoms with Crippen molar-refractivity contribution in [3.63, 3.8) is 0 Å². The number of amides is 1. The first-order valence-corrected chi connectivity index (χ1v) is 11.1. The van der Waals surface area contributed by atoms with Crippen molar-refractivity contribution in [1.82, 2.24) is 25.2 Å². The van der Waals surface area contributed by atoms with Gasteiger partial charge in [-0.15, -0.1) is 5.10 Å². The maximum absolute atomic E-state index is 13.1. The van der Waals surface area contributed by atoms with Crippen molar-refractivity contribution >= 4 is 11.9 Å². The Kier molecular flexibility index (Phi) is 8.17. The van der Waals surface area contributed by atoms with Gasteiger partial charge in [0.2, 0.25) is 5.91 Å². The number of hydrogen-bond acceptors (Lipinski definition) is 6. The molecule has 168 valence electrons. The number of likely N-dealkylation sites (tertiary alicyclic amines) is 1. The molecule has 2 heterocycles. The van der Waals surface area contributed by atoms with Crippen LogP contribution in [0.5, 0.6) is 0 Å². The predicted molar refractivity (Wildman–Crippen MR) is 118 cm³/mol. The molecule has 1 aliphatic heterocycles. The summed E-state index contributed by atoms with van der Waals surface area (Å²) >= 11 is 0. The monoisotopic (exact) mass is 427 g/mol. The van der Waals surface area contributed by atoms with E-state index in [-0.39, 0.29) is 23.7 Å². The number of hydrogen-bond donors (Lipinski definition) is 1. The third-order valence-corrected chi connectivity index (χ3v) is 6.17. The Bertz CT molecular complexity index is 850. The summed E-state index contributed by atoms with van der Waals surface area (Å²) in [6, 6.07) is 9.93. The molecule has 0 aliphatic carbocycles. The number of nitrogens with zero attached hydrogens (tertiary/aromatic N) is 4. The molecule has 0 saturated carbocycles. The van der Waals surface area contributed by atoms with Crippen molar-refractivity contribution < 1.29 is 14.3 Å². The maximum Gasteiger partial charge on any atom is 0.360 e. The summed E-state index contributed by atoms with van der Waals surface area (Å²) in [5.74, 6) is 0.0887. The molecule has 1 aromatic carbocycles. The third kappa shape index (κ3) is 5.91. The highest BCUT2D eigenvalue weighted by Crippen LogP contribution is 2.29. The van der Waals surface area contributed by atoms with E-state index in [9.17, 15) is 9.59 Å². The van der Waals surface area contributed by atoms with Gasteiger partial charge in [0.15, 0.2) is 5.69 Å². The molecule has 1 N–H and O–H groups in total. The minimum atomic E-state index is -0.506. The van der Waals surface area contributed by atoms with Crippen LogP contribution in [0.1, 0.15) is 55.2 Å². The van der Waals surface area contributed by atoms with Crippen molar-refractivity contribution in [2.45, 2.75) is 51.6 Å². The number of carbonyl (C=O) groups is 2. The van der Waals surface area contributed by atoms with Gasteiger partial charge >= 0.3 is 5.97 Å². The topological polar surface area (TPSA) is 89.3 Å². The molecule has 0 radical (unpaired) electrons. The zero-order chi connectivity index (χ0) is 22.2. The standard InChI is InChI=1S/C23H33N5O3/c1-4-17(5-2)14-27-15-19(28-16-20(25-26-28)23(30)31-3)13-21(27)22(29)24-12-11-18-9-7-6-8-10-18/h6-10,16-17,19,21H,4-5,11-15H2,1-3H3,(H,24,29)/t19-,21+/m1/s1. The third-order valence-electron chi connectivity index (χ3n) is 6.17. The summed E-state index contributed by atoms with van der Waals surface area (Å²) in [4.78, 5) is 27.1. The molecular weight excluding hydrogens is 394 g/mol. The number of aromatic nitrogens is 3. The Hall–Kier alpha value is -2.74. The van der Waals surface area contributed by atoms with Crippen LogP contribution < -0.4 is 5.32 Å². The van der Waals surface area contributed by atoms with Gasteiger partial charge < -0.3 is 10.1 Å². The summed E-state index contributed by atoms with van der Waals surface area (Å²) in [5, 5.41) is 11.2. The number of carbonyl (C=O) groups excluding carboxylic acids is 2. The van der Waals surface area contributed by atoms with Gasteiger partial charge in [-0.05, 0) is 24.3 Å². The average Bonchev–Trinajstić information content (AvgIpc) is 3.45. The number of rotatable bonds is 10. The Morgan fingerprint density at radius 2 is 1.97 bits per heavy atom. The number of esters is 1. The lowest BCUT2D eigenvalue weighted by atomic mass is 10.0. The van der Waals surface area contributed by atoms with E-state index in [1.165, 1.54) is 12.7 Å². The Labute approximate surface area is 183 Å². The van der Waals surface area contributed by atoms with E-state index >= 15 is 0 Å². The summed E-state index contributed by atoms with van der Waals surface area (Å²) in [6.45, 7) is 6.57. The van der Waals surface area contributed by atoms with Crippen molar-refractivity contribution in [3.8, 4) is 0 Å². The van der Waals surface area contributed by atoms with Crippen LogP contribution >= 0.6 is 0 Å². The zero-order valence-corrected chi connectivity index (χ0v) is 18.7. The first-order chi connectivity index (χ1) is 15.0. The fraction of sp³-hybridized carbons (Fsp3) is 0.565. The average molecular weight is 428 g/mol. The quantitative estimate of drug-likeness (QED) is 0.586. The molecule has 1 amide bonds. The van der Waals surface area contributed by atoms with Gasteiger partial charge in [0.1, 0.15) is 0 Å². The van der Waals surface area contributed by atoms with Gasteiger partial charge in [-0.1, -0.05) is 62.2 Å². The molecule has 8 heteroatoms. The lowest BCUT2D eigenvalue weighted by Gasteiger charge is -2.27. The van der Waals surface area contributed by atoms with Crippen LogP contribution in [-0.4, -0.2) is 64.6 Å². The highest BCUT2D eigenvalue weighted by molar-refractivity contribution is 5.86. The molecule has 1 aliphatic rings. The zero-order valence-electron chi connectivity index (χ0n) is 18.7. The number of nitrogens with one attached hydrogen (secondary N) is 1. The van der Waals surface area contributed by atoms with Crippen LogP contribution in [0.2, 0.25) is 0 Å². The minimum absolute atomic E-state index is 0.00913. The van der Waals surface area contributed by atoms with Crippen LogP contribution in [0.25, 0.3) is 0 Å². The normalized spacial score (nSPS) is 19.0. The molecule has 0 spiro atoms. The van der Waals surface area contributed by atoms with Crippen LogP contribution in [-0.2, 0) is 16.0 Å². The van der Waals surface area contributed by atoms with Gasteiger partial charge in [0.05, 0.1) is 25.4 Å². The summed E-state index contributed by atoms with van der Waals surface area (Å²) in [6.07, 6.45) is 5.22. The molecule has 0 bridgehead atoms. The molecule has 1 fully saturated rings. The van der Waals surface area contributed by atoms with Crippen molar-refractivity contribution in [2.75, 3.05) is 26.7 Å². The molecule has 2 aromatic rings. The van der Waals surface area contributed by atoms with E-state index < -0.39 is 5.97 Å². The lowest BCUT2D eigenvalue weighted by Crippen LogP contribution is -2.45. The first kappa shape index (κ1) is 22.9. The SMILES string of the molecule is CCC(CC)CN1C[C@H](n2cc(C(=O)OC)nn2)C[C@H]1C(=O)NCCc1ccccc1. The minimum Gasteiger partial charge on any atom is -0.464 e. The molecule has 31 heavy (non-hydrogen) atoms. The van der Waals surface area contributed by atoms with Gasteiger partial charge in [-0.25, -0.2) is 9.48 Å². The molecule has 8 nitrogen and oxygen atoms in total. The highest BCUT2D eigenvalue weighted by atomic mass is 16.5. The number of benzene rings is 1. The van der Waals surface area contributed by atoms with Gasteiger partial charge in [0, 0.05) is 19.6 Å². The van der Waals surface area contributed by atoms with Crippen molar-refractivity contribution in [2.24, 2.45) is 5.92 Å². The molecular formula is C23H33N5O3. The van der Waals surface area contributed by atoms with Crippen LogP contribution in [0.3, 0.4) is 0 Å². The largest absolute Gasteiger partial charge is 0.464 e. The number of methoxy groups -OCH3 is 1. The van der Waals surface area contributed by atoms with E-state index in [0.717, 1.165) is 25.8 Å². The van der Waals surface area contributed by atoms with E-state index in [4.69, 9.17) is 4.74 Å². The molecule has 1 aromatic heterocycles. The summed E-state index contributed by atoms with van der Waals surface area (Å²) in [5.41, 5.74) is 1.39. The Morgan fingerprint density at radius 1 is 1.23 bits per heavy atom. The number of ether oxygens (including phenoxy) is 1. The Balaban J connectivity index is 1.66. The predicted octanol–water partition coefficient (Wildman–Crippen LogP) is 2.48. The molecule has 0 unspecified atom stereocenters. The van der Waals surface area contributed by atoms with Crippen LogP contribution in [0, 0.1) is 5.92 Å². The smallest absolute Gasteiger partial charge is 0.360 e. The molecule has 2 atom stereocenters. The first-order valence-electron chi connectivity index (χ1n) is 11.1. The van der Waals surface area contributed by atoms with E-state index in [1.807, 2.05) is 18.2 Å². The lowest BCUT2D eigenvalue weighted by molar-refractivity contribution is -0.125. The second-order valence-electron chi connectivity index (χ2n) is 8.14. The summed E-state index contributed by atoms with van der Waals surface area (Å²) < 4.78 is 6.42. The van der Waals surface area contributed by atoms with Crippen LogP contribution in [0.15, 0.2) is 36.5 Å². The second-order valence-corrected chi connectivity index (χ2v) is 8.14. The van der Waals surface area contributed by atoms with Gasteiger partial charge in [-0.2, -0.15) is 0 Å². The second kappa shape index (κ2) is 11.0. The van der Waals surface area contributed by atoms with Crippen LogP contribution in [0.4, 0.5) is 0 Å². The highest BCUT2D eigenvalue weighted by Gasteiger charge is 2.38. The fourth-order valence-electron chi connectivity index (χ4n) is 4.17. The molecule has 1 saturated heterocycles. The van der Waals surface area contributed by atoms with Gasteiger partial charge in [0.25, 0.3) is 0 Å². The fourth-order valence-corrected chi connectivity index (χ4v) is 4.17. The summed E-state index contributed by atoms with van der Waals surface area (Å²) in [7, 11) is 1.32. The molecule has 3 rings (SSSR count). The van der Waals surface area contributed by atoms with E-state index in [1.54, 1.807) is 10.9 Å².